The van der Waals surface area contributed by atoms with Crippen molar-refractivity contribution in [3.05, 3.63) is 29.8 Å². The van der Waals surface area contributed by atoms with E-state index in [9.17, 15) is 9.90 Å². The number of phenols is 1. The minimum Gasteiger partial charge on any atom is -0.508 e. The third-order valence-electron chi connectivity index (χ3n) is 5.90. The number of ketones is 1. The first-order chi connectivity index (χ1) is 9.63. The zero-order valence-electron chi connectivity index (χ0n) is 11.8. The van der Waals surface area contributed by atoms with Gasteiger partial charge in [-0.2, -0.15) is 0 Å². The molecular formula is C18H22O2. The Labute approximate surface area is 120 Å². The van der Waals surface area contributed by atoms with Gasteiger partial charge in [-0.1, -0.05) is 12.1 Å². The normalized spacial score (nSPS) is 38.1. The summed E-state index contributed by atoms with van der Waals surface area (Å²) in [7, 11) is 0. The number of carbonyl (C=O) groups is 1. The van der Waals surface area contributed by atoms with Crippen LogP contribution in [0.2, 0.25) is 0 Å². The summed E-state index contributed by atoms with van der Waals surface area (Å²) in [5.74, 6) is 3.14. The zero-order valence-corrected chi connectivity index (χ0v) is 11.8. The summed E-state index contributed by atoms with van der Waals surface area (Å²) in [6.45, 7) is 0. The molecule has 1 aromatic rings. The highest BCUT2D eigenvalue weighted by Gasteiger charge is 2.53. The lowest BCUT2D eigenvalue weighted by Gasteiger charge is -2.56. The number of hydrogen-bond donors (Lipinski definition) is 1. The molecule has 1 aromatic carbocycles. The number of phenolic OH excluding ortho intramolecular Hbond substituents is 1. The van der Waals surface area contributed by atoms with E-state index in [1.807, 2.05) is 12.1 Å². The monoisotopic (exact) mass is 270 g/mol. The van der Waals surface area contributed by atoms with Crippen LogP contribution in [-0.2, 0) is 11.2 Å². The zero-order chi connectivity index (χ0) is 13.7. The van der Waals surface area contributed by atoms with Crippen molar-refractivity contribution in [1.29, 1.82) is 0 Å². The molecule has 0 heterocycles. The van der Waals surface area contributed by atoms with E-state index in [0.717, 1.165) is 42.6 Å². The number of hydrogen-bond acceptors (Lipinski definition) is 2. The molecule has 0 amide bonds. The van der Waals surface area contributed by atoms with Gasteiger partial charge in [0.05, 0.1) is 0 Å². The fourth-order valence-corrected chi connectivity index (χ4v) is 5.49. The molecule has 0 spiro atoms. The molecule has 20 heavy (non-hydrogen) atoms. The lowest BCUT2D eigenvalue weighted by atomic mass is 9.48. The molecule has 2 heteroatoms. The first-order valence-electron chi connectivity index (χ1n) is 7.94. The fraction of sp³-hybridized carbons (Fsp3) is 0.611. The number of carbonyl (C=O) groups excluding carboxylic acids is 1. The Morgan fingerprint density at radius 3 is 2.25 bits per heavy atom. The summed E-state index contributed by atoms with van der Waals surface area (Å²) in [6.07, 6.45) is 8.03. The van der Waals surface area contributed by atoms with Crippen LogP contribution in [0.4, 0.5) is 0 Å². The molecule has 1 N–H and O–H groups in total. The Balaban J connectivity index is 1.56. The molecule has 4 aliphatic carbocycles. The quantitative estimate of drug-likeness (QED) is 0.909. The lowest BCUT2D eigenvalue weighted by Crippen LogP contribution is -2.50. The van der Waals surface area contributed by atoms with E-state index < -0.39 is 0 Å². The van der Waals surface area contributed by atoms with Crippen molar-refractivity contribution in [2.24, 2.45) is 23.2 Å². The van der Waals surface area contributed by atoms with Crippen LogP contribution in [-0.4, -0.2) is 10.9 Å². The summed E-state index contributed by atoms with van der Waals surface area (Å²) < 4.78 is 0. The van der Waals surface area contributed by atoms with E-state index >= 15 is 0 Å². The summed E-state index contributed by atoms with van der Waals surface area (Å²) in [4.78, 5) is 12.9. The number of aromatic hydroxyl groups is 1. The highest BCUT2D eigenvalue weighted by molar-refractivity contribution is 5.87. The number of rotatable bonds is 3. The molecule has 4 fully saturated rings. The molecule has 2 nitrogen and oxygen atoms in total. The van der Waals surface area contributed by atoms with E-state index in [4.69, 9.17) is 0 Å². The Morgan fingerprint density at radius 2 is 1.70 bits per heavy atom. The van der Waals surface area contributed by atoms with Crippen LogP contribution in [0, 0.1) is 23.2 Å². The molecule has 4 bridgehead atoms. The van der Waals surface area contributed by atoms with Gasteiger partial charge < -0.3 is 5.11 Å². The van der Waals surface area contributed by atoms with E-state index in [2.05, 4.69) is 0 Å². The van der Waals surface area contributed by atoms with Crippen LogP contribution in [0.3, 0.4) is 0 Å². The van der Waals surface area contributed by atoms with Gasteiger partial charge in [-0.05, 0) is 74.0 Å². The third-order valence-corrected chi connectivity index (χ3v) is 5.90. The van der Waals surface area contributed by atoms with Crippen molar-refractivity contribution in [3.63, 3.8) is 0 Å². The van der Waals surface area contributed by atoms with Crippen molar-refractivity contribution >= 4 is 5.78 Å². The summed E-state index contributed by atoms with van der Waals surface area (Å²) in [5.41, 5.74) is 0.950. The maximum absolute atomic E-state index is 12.9. The minimum absolute atomic E-state index is 0.0137. The van der Waals surface area contributed by atoms with Gasteiger partial charge in [-0.3, -0.25) is 4.79 Å². The second kappa shape index (κ2) is 4.34. The molecule has 0 saturated heterocycles. The Bertz CT molecular complexity index is 511. The van der Waals surface area contributed by atoms with Gasteiger partial charge in [-0.25, -0.2) is 0 Å². The smallest absolute Gasteiger partial charge is 0.143 e. The predicted octanol–water partition coefficient (Wildman–Crippen LogP) is 3.72. The van der Waals surface area contributed by atoms with Gasteiger partial charge in [0.1, 0.15) is 11.5 Å². The molecule has 5 rings (SSSR count). The van der Waals surface area contributed by atoms with E-state index in [1.54, 1.807) is 12.1 Å². The first-order valence-corrected chi connectivity index (χ1v) is 7.94. The van der Waals surface area contributed by atoms with Crippen LogP contribution in [0.5, 0.6) is 5.75 Å². The van der Waals surface area contributed by atoms with Crippen molar-refractivity contribution in [2.75, 3.05) is 0 Å². The standard InChI is InChI=1S/C18H22O2/c19-16-3-1-2-12(7-16)8-17(20)18-9-13-4-14(10-18)6-15(5-13)11-18/h1-3,7,13-15,19H,4-6,8-11H2. The number of benzene rings is 1. The topological polar surface area (TPSA) is 37.3 Å². The third kappa shape index (κ3) is 1.97. The lowest BCUT2D eigenvalue weighted by molar-refractivity contribution is -0.143. The molecule has 106 valence electrons. The summed E-state index contributed by atoms with van der Waals surface area (Å²) in [5, 5.41) is 9.55. The van der Waals surface area contributed by atoms with Crippen molar-refractivity contribution in [1.82, 2.24) is 0 Å². The Hall–Kier alpha value is -1.31. The molecule has 4 saturated carbocycles. The molecule has 0 aromatic heterocycles. The predicted molar refractivity (Wildman–Crippen MR) is 77.4 cm³/mol. The van der Waals surface area contributed by atoms with Gasteiger partial charge in [-0.15, -0.1) is 0 Å². The van der Waals surface area contributed by atoms with E-state index in [1.165, 1.54) is 19.3 Å². The average Bonchev–Trinajstić information content (AvgIpc) is 2.37. The van der Waals surface area contributed by atoms with Crippen molar-refractivity contribution in [3.8, 4) is 5.75 Å². The molecule has 4 aliphatic rings. The van der Waals surface area contributed by atoms with Gasteiger partial charge in [0.15, 0.2) is 0 Å². The molecule has 0 radical (unpaired) electrons. The van der Waals surface area contributed by atoms with E-state index in [0.29, 0.717) is 12.2 Å². The fourth-order valence-electron chi connectivity index (χ4n) is 5.49. The largest absolute Gasteiger partial charge is 0.508 e. The van der Waals surface area contributed by atoms with Crippen LogP contribution in [0.15, 0.2) is 24.3 Å². The second-order valence-corrected chi connectivity index (χ2v) is 7.47. The number of Topliss-reactive ketones (excluding diaryl/α,β-unsaturated/α-hetero) is 1. The summed E-state index contributed by atoms with van der Waals surface area (Å²) in [6, 6.07) is 7.19. The van der Waals surface area contributed by atoms with Crippen LogP contribution < -0.4 is 0 Å². The maximum atomic E-state index is 12.9. The maximum Gasteiger partial charge on any atom is 0.143 e. The van der Waals surface area contributed by atoms with Gasteiger partial charge in [0.2, 0.25) is 0 Å². The van der Waals surface area contributed by atoms with Crippen molar-refractivity contribution in [2.45, 2.75) is 44.9 Å². The average molecular weight is 270 g/mol. The minimum atomic E-state index is -0.0137. The van der Waals surface area contributed by atoms with Gasteiger partial charge >= 0.3 is 0 Å². The van der Waals surface area contributed by atoms with Crippen LogP contribution in [0.1, 0.15) is 44.1 Å². The SMILES string of the molecule is O=C(Cc1cccc(O)c1)C12CC3CC(CC(C3)C1)C2. The Morgan fingerprint density at radius 1 is 1.10 bits per heavy atom. The van der Waals surface area contributed by atoms with Crippen molar-refractivity contribution < 1.29 is 9.90 Å². The van der Waals surface area contributed by atoms with Gasteiger partial charge in [0.25, 0.3) is 0 Å². The highest BCUT2D eigenvalue weighted by Crippen LogP contribution is 2.60. The second-order valence-electron chi connectivity index (χ2n) is 7.47. The highest BCUT2D eigenvalue weighted by atomic mass is 16.3. The Kier molecular flexibility index (Phi) is 2.70. The first kappa shape index (κ1) is 12.4. The molecular weight excluding hydrogens is 248 g/mol. The van der Waals surface area contributed by atoms with E-state index in [-0.39, 0.29) is 11.2 Å². The van der Waals surface area contributed by atoms with Crippen LogP contribution >= 0.6 is 0 Å². The molecule has 0 aliphatic heterocycles. The van der Waals surface area contributed by atoms with Crippen LogP contribution in [0.25, 0.3) is 0 Å². The molecule has 0 atom stereocenters. The van der Waals surface area contributed by atoms with Gasteiger partial charge in [0, 0.05) is 11.8 Å². The summed E-state index contributed by atoms with van der Waals surface area (Å²) >= 11 is 0. The molecule has 0 unspecified atom stereocenters.